The van der Waals surface area contributed by atoms with Crippen LogP contribution < -0.4 is 5.32 Å². The van der Waals surface area contributed by atoms with Gasteiger partial charge < -0.3 is 15.2 Å². The van der Waals surface area contributed by atoms with Crippen LogP contribution in [0.25, 0.3) is 0 Å². The Bertz CT molecular complexity index is 568. The maximum absolute atomic E-state index is 12.4. The van der Waals surface area contributed by atoms with Crippen molar-refractivity contribution in [2.24, 2.45) is 11.8 Å². The number of anilines is 1. The maximum atomic E-state index is 12.4. The normalized spacial score (nSPS) is 21.1. The highest BCUT2D eigenvalue weighted by molar-refractivity contribution is 7.14. The molecule has 2 N–H and O–H groups in total. The number of ether oxygens (including phenoxy) is 1. The van der Waals surface area contributed by atoms with E-state index in [-0.39, 0.29) is 12.5 Å². The van der Waals surface area contributed by atoms with Crippen LogP contribution in [0.2, 0.25) is 0 Å². The Morgan fingerprint density at radius 1 is 1.32 bits per heavy atom. The Kier molecular flexibility index (Phi) is 5.54. The molecule has 0 unspecified atom stereocenters. The largest absolute Gasteiger partial charge is 0.481 e. The third-order valence-electron chi connectivity index (χ3n) is 3.82. The van der Waals surface area contributed by atoms with Crippen molar-refractivity contribution in [1.29, 1.82) is 0 Å². The molecule has 1 heterocycles. The van der Waals surface area contributed by atoms with Gasteiger partial charge in [-0.15, -0.1) is 11.3 Å². The van der Waals surface area contributed by atoms with Crippen molar-refractivity contribution in [2.45, 2.75) is 32.6 Å². The van der Waals surface area contributed by atoms with Crippen LogP contribution in [0.3, 0.4) is 0 Å². The lowest BCUT2D eigenvalue weighted by Crippen LogP contribution is -2.36. The van der Waals surface area contributed by atoms with Gasteiger partial charge in [0.2, 0.25) is 5.91 Å². The molecular weight excluding hydrogens is 306 g/mol. The number of carboxylic acids is 1. The molecule has 1 aliphatic carbocycles. The number of aliphatic carboxylic acids is 1. The molecule has 0 bridgehead atoms. The summed E-state index contributed by atoms with van der Waals surface area (Å²) in [6, 6.07) is 1.59. The van der Waals surface area contributed by atoms with Crippen molar-refractivity contribution in [1.82, 2.24) is 0 Å². The summed E-state index contributed by atoms with van der Waals surface area (Å²) in [5.41, 5.74) is 0.308. The molecule has 22 heavy (non-hydrogen) atoms. The van der Waals surface area contributed by atoms with Gasteiger partial charge in [-0.2, -0.15) is 0 Å². The Hall–Kier alpha value is -1.89. The number of esters is 1. The van der Waals surface area contributed by atoms with Gasteiger partial charge in [0.05, 0.1) is 24.0 Å². The Labute approximate surface area is 132 Å². The van der Waals surface area contributed by atoms with E-state index in [0.717, 1.165) is 12.8 Å². The molecule has 2 rings (SSSR count). The fourth-order valence-corrected chi connectivity index (χ4v) is 3.50. The highest BCUT2D eigenvalue weighted by Gasteiger charge is 2.36. The zero-order valence-corrected chi connectivity index (χ0v) is 13.1. The van der Waals surface area contributed by atoms with Crippen LogP contribution in [-0.2, 0) is 14.3 Å². The molecule has 1 fully saturated rings. The van der Waals surface area contributed by atoms with Gasteiger partial charge in [0.25, 0.3) is 0 Å². The summed E-state index contributed by atoms with van der Waals surface area (Å²) < 4.78 is 4.94. The summed E-state index contributed by atoms with van der Waals surface area (Å²) in [6.07, 6.45) is 2.75. The number of amides is 1. The van der Waals surface area contributed by atoms with Crippen molar-refractivity contribution in [3.05, 3.63) is 17.0 Å². The molecule has 2 atom stereocenters. The molecule has 1 aliphatic rings. The molecule has 120 valence electrons. The van der Waals surface area contributed by atoms with E-state index in [1.54, 1.807) is 18.4 Å². The van der Waals surface area contributed by atoms with E-state index >= 15 is 0 Å². The van der Waals surface area contributed by atoms with Gasteiger partial charge >= 0.3 is 11.9 Å². The van der Waals surface area contributed by atoms with Crippen LogP contribution in [0.5, 0.6) is 0 Å². The molecule has 1 aromatic heterocycles. The minimum absolute atomic E-state index is 0.256. The molecule has 1 aromatic rings. The number of carbonyl (C=O) groups is 3. The SMILES string of the molecule is CCOC(=O)c1ccsc1NC(=O)[C@H]1CCCC[C@@H]1C(=O)O. The number of hydrogen-bond donors (Lipinski definition) is 2. The van der Waals surface area contributed by atoms with Gasteiger partial charge in [0, 0.05) is 0 Å². The van der Waals surface area contributed by atoms with E-state index in [2.05, 4.69) is 5.32 Å². The zero-order valence-electron chi connectivity index (χ0n) is 12.3. The lowest BCUT2D eigenvalue weighted by atomic mass is 9.79. The van der Waals surface area contributed by atoms with Crippen LogP contribution in [0.4, 0.5) is 5.00 Å². The first kappa shape index (κ1) is 16.5. The molecular formula is C15H19NO5S. The van der Waals surface area contributed by atoms with Crippen LogP contribution in [-0.4, -0.2) is 29.6 Å². The second kappa shape index (κ2) is 7.40. The predicted molar refractivity (Wildman–Crippen MR) is 82.0 cm³/mol. The third-order valence-corrected chi connectivity index (χ3v) is 4.65. The predicted octanol–water partition coefficient (Wildman–Crippen LogP) is 2.75. The van der Waals surface area contributed by atoms with Crippen molar-refractivity contribution in [3.63, 3.8) is 0 Å². The van der Waals surface area contributed by atoms with Gasteiger partial charge in [0.1, 0.15) is 5.00 Å². The van der Waals surface area contributed by atoms with E-state index in [0.29, 0.717) is 23.4 Å². The first-order valence-corrected chi connectivity index (χ1v) is 8.20. The summed E-state index contributed by atoms with van der Waals surface area (Å²) in [6.45, 7) is 1.97. The standard InChI is InChI=1S/C15H19NO5S/c1-2-21-15(20)11-7-8-22-13(11)16-12(17)9-5-3-4-6-10(9)14(18)19/h7-10H,2-6H2,1H3,(H,16,17)(H,18,19)/t9-,10-/m0/s1. The molecule has 0 radical (unpaired) electrons. The summed E-state index contributed by atoms with van der Waals surface area (Å²) in [5, 5.41) is 14.1. The van der Waals surface area contributed by atoms with Crippen molar-refractivity contribution >= 4 is 34.2 Å². The van der Waals surface area contributed by atoms with Gasteiger partial charge in [-0.3, -0.25) is 9.59 Å². The maximum Gasteiger partial charge on any atom is 0.341 e. The fourth-order valence-electron chi connectivity index (χ4n) is 2.72. The van der Waals surface area contributed by atoms with E-state index < -0.39 is 23.8 Å². The second-order valence-corrected chi connectivity index (χ2v) is 6.12. The molecule has 0 saturated heterocycles. The smallest absolute Gasteiger partial charge is 0.341 e. The minimum atomic E-state index is -0.934. The van der Waals surface area contributed by atoms with Crippen molar-refractivity contribution in [2.75, 3.05) is 11.9 Å². The van der Waals surface area contributed by atoms with Gasteiger partial charge in [-0.05, 0) is 31.2 Å². The third kappa shape index (κ3) is 3.65. The highest BCUT2D eigenvalue weighted by Crippen LogP contribution is 2.32. The van der Waals surface area contributed by atoms with Gasteiger partial charge in [-0.1, -0.05) is 12.8 Å². The summed E-state index contributed by atoms with van der Waals surface area (Å²) in [4.78, 5) is 35.5. The Balaban J connectivity index is 2.10. The molecule has 0 aromatic carbocycles. The summed E-state index contributed by atoms with van der Waals surface area (Å²) in [7, 11) is 0. The number of hydrogen-bond acceptors (Lipinski definition) is 5. The molecule has 1 amide bonds. The molecule has 7 heteroatoms. The van der Waals surface area contributed by atoms with Crippen LogP contribution in [0.15, 0.2) is 11.4 Å². The van der Waals surface area contributed by atoms with E-state index in [4.69, 9.17) is 4.74 Å². The second-order valence-electron chi connectivity index (χ2n) is 5.21. The number of carbonyl (C=O) groups excluding carboxylic acids is 2. The van der Waals surface area contributed by atoms with E-state index in [1.165, 1.54) is 11.3 Å². The van der Waals surface area contributed by atoms with Crippen LogP contribution in [0.1, 0.15) is 43.0 Å². The zero-order chi connectivity index (χ0) is 16.1. The van der Waals surface area contributed by atoms with Crippen molar-refractivity contribution < 1.29 is 24.2 Å². The van der Waals surface area contributed by atoms with Crippen LogP contribution in [0, 0.1) is 11.8 Å². The lowest BCUT2D eigenvalue weighted by molar-refractivity contribution is -0.147. The molecule has 1 saturated carbocycles. The number of thiophene rings is 1. The Morgan fingerprint density at radius 3 is 2.64 bits per heavy atom. The first-order chi connectivity index (χ1) is 10.5. The Morgan fingerprint density at radius 2 is 2.00 bits per heavy atom. The average molecular weight is 325 g/mol. The van der Waals surface area contributed by atoms with Crippen LogP contribution >= 0.6 is 11.3 Å². The van der Waals surface area contributed by atoms with Gasteiger partial charge in [0.15, 0.2) is 0 Å². The lowest BCUT2D eigenvalue weighted by Gasteiger charge is -2.27. The first-order valence-electron chi connectivity index (χ1n) is 7.32. The summed E-state index contributed by atoms with van der Waals surface area (Å²) in [5.74, 6) is -2.96. The van der Waals surface area contributed by atoms with E-state index in [9.17, 15) is 19.5 Å². The topological polar surface area (TPSA) is 92.7 Å². The fraction of sp³-hybridized carbons (Fsp3) is 0.533. The highest BCUT2D eigenvalue weighted by atomic mass is 32.1. The van der Waals surface area contributed by atoms with E-state index in [1.807, 2.05) is 0 Å². The number of rotatable bonds is 5. The minimum Gasteiger partial charge on any atom is -0.481 e. The molecule has 0 spiro atoms. The van der Waals surface area contributed by atoms with Gasteiger partial charge in [-0.25, -0.2) is 4.79 Å². The number of nitrogens with one attached hydrogen (secondary N) is 1. The molecule has 6 nitrogen and oxygen atoms in total. The summed E-state index contributed by atoms with van der Waals surface area (Å²) >= 11 is 1.23. The average Bonchev–Trinajstić information content (AvgIpc) is 2.95. The monoisotopic (exact) mass is 325 g/mol. The quantitative estimate of drug-likeness (QED) is 0.812. The molecule has 0 aliphatic heterocycles. The number of carboxylic acid groups (broad SMARTS) is 1. The van der Waals surface area contributed by atoms with Crippen molar-refractivity contribution in [3.8, 4) is 0 Å².